The van der Waals surface area contributed by atoms with Gasteiger partial charge in [0.15, 0.2) is 0 Å². The van der Waals surface area contributed by atoms with Crippen molar-refractivity contribution in [2.45, 2.75) is 208 Å². The van der Waals surface area contributed by atoms with Crippen LogP contribution in [0.15, 0.2) is 0 Å². The number of hydrogen-bond acceptors (Lipinski definition) is 0. The van der Waals surface area contributed by atoms with Gasteiger partial charge in [-0.2, -0.15) is 0 Å². The lowest BCUT2D eigenvalue weighted by atomic mass is 9.82. The van der Waals surface area contributed by atoms with Crippen LogP contribution < -0.4 is 0 Å². The van der Waals surface area contributed by atoms with Gasteiger partial charge in [-0.3, -0.25) is 0 Å². The van der Waals surface area contributed by atoms with Crippen LogP contribution in [0.5, 0.6) is 0 Å². The fourth-order valence-corrected chi connectivity index (χ4v) is 6.50. The summed E-state index contributed by atoms with van der Waals surface area (Å²) in [6.07, 6.45) is 44.1. The molecule has 0 heterocycles. The fraction of sp³-hybridized carbons (Fsp3) is 1.00. The SMILES string of the molecule is C.C.C.C1CCCCCCCC(CC2CCCCCCCCCCCCCC2)CCCCCC1. The Labute approximate surface area is 220 Å². The molecule has 0 aliphatic heterocycles. The van der Waals surface area contributed by atoms with Crippen LogP contribution in [0.25, 0.3) is 0 Å². The van der Waals surface area contributed by atoms with E-state index in [9.17, 15) is 0 Å². The van der Waals surface area contributed by atoms with Crippen molar-refractivity contribution in [1.29, 1.82) is 0 Å². The molecule has 2 rings (SSSR count). The molecule has 2 aliphatic rings. The molecule has 0 spiro atoms. The molecule has 0 N–H and O–H groups in total. The molecule has 0 unspecified atom stereocenters. The highest BCUT2D eigenvalue weighted by atomic mass is 14.2. The van der Waals surface area contributed by atoms with E-state index in [0.29, 0.717) is 0 Å². The second-order valence-electron chi connectivity index (χ2n) is 11.6. The zero-order valence-corrected chi connectivity index (χ0v) is 21.7. The first-order valence-electron chi connectivity index (χ1n) is 15.4. The summed E-state index contributed by atoms with van der Waals surface area (Å²) < 4.78 is 0. The van der Waals surface area contributed by atoms with Crippen molar-refractivity contribution in [3.8, 4) is 0 Å². The first-order valence-corrected chi connectivity index (χ1v) is 15.4. The van der Waals surface area contributed by atoms with Crippen LogP contribution in [0.4, 0.5) is 0 Å². The molecule has 0 heteroatoms. The summed E-state index contributed by atoms with van der Waals surface area (Å²) in [5.41, 5.74) is 0. The van der Waals surface area contributed by atoms with Gasteiger partial charge in [0.2, 0.25) is 0 Å². The molecule has 2 aliphatic carbocycles. The van der Waals surface area contributed by atoms with Crippen LogP contribution in [0.1, 0.15) is 208 Å². The molecule has 0 aromatic carbocycles. The van der Waals surface area contributed by atoms with Crippen LogP contribution in [-0.4, -0.2) is 0 Å². The molecular weight excluding hydrogens is 408 g/mol. The van der Waals surface area contributed by atoms with Crippen LogP contribution in [0.2, 0.25) is 0 Å². The van der Waals surface area contributed by atoms with Gasteiger partial charge in [0.1, 0.15) is 0 Å². The Bertz CT molecular complexity index is 293. The quantitative estimate of drug-likeness (QED) is 0.368. The van der Waals surface area contributed by atoms with E-state index < -0.39 is 0 Å². The van der Waals surface area contributed by atoms with Crippen LogP contribution in [0, 0.1) is 11.8 Å². The Morgan fingerprint density at radius 3 is 0.559 bits per heavy atom. The molecule has 208 valence electrons. The molecule has 0 amide bonds. The lowest BCUT2D eigenvalue weighted by molar-refractivity contribution is 0.282. The Morgan fingerprint density at radius 1 is 0.235 bits per heavy atom. The third-order valence-electron chi connectivity index (χ3n) is 8.62. The highest BCUT2D eigenvalue weighted by Gasteiger charge is 2.17. The van der Waals surface area contributed by atoms with Gasteiger partial charge in [0.25, 0.3) is 0 Å². The lowest BCUT2D eigenvalue weighted by Gasteiger charge is -2.24. The first kappa shape index (κ1) is 36.2. The normalized spacial score (nSPS) is 23.3. The predicted octanol–water partition coefficient (Wildman–Crippen LogP) is 13.5. The average molecular weight is 481 g/mol. The molecule has 2 saturated carbocycles. The summed E-state index contributed by atoms with van der Waals surface area (Å²) in [6.45, 7) is 0. The summed E-state index contributed by atoms with van der Waals surface area (Å²) in [6, 6.07) is 0. The second-order valence-corrected chi connectivity index (χ2v) is 11.6. The van der Waals surface area contributed by atoms with E-state index in [0.717, 1.165) is 11.8 Å². The maximum absolute atomic E-state index is 1.58. The fourth-order valence-electron chi connectivity index (χ4n) is 6.50. The monoisotopic (exact) mass is 481 g/mol. The van der Waals surface area contributed by atoms with Gasteiger partial charge >= 0.3 is 0 Å². The van der Waals surface area contributed by atoms with E-state index in [1.807, 2.05) is 0 Å². The Kier molecular flexibility index (Phi) is 29.3. The number of hydrogen-bond donors (Lipinski definition) is 0. The van der Waals surface area contributed by atoms with E-state index in [1.165, 1.54) is 154 Å². The van der Waals surface area contributed by atoms with E-state index >= 15 is 0 Å². The predicted molar refractivity (Wildman–Crippen MR) is 161 cm³/mol. The van der Waals surface area contributed by atoms with Gasteiger partial charge in [-0.1, -0.05) is 202 Å². The summed E-state index contributed by atoms with van der Waals surface area (Å²) >= 11 is 0. The zero-order chi connectivity index (χ0) is 21.7. The van der Waals surface area contributed by atoms with Gasteiger partial charge < -0.3 is 0 Å². The molecule has 0 radical (unpaired) electrons. The Hall–Kier alpha value is 0. The number of rotatable bonds is 2. The minimum Gasteiger partial charge on any atom is -0.0776 e. The molecular formula is C34H72. The molecule has 0 atom stereocenters. The van der Waals surface area contributed by atoms with Gasteiger partial charge in [-0.15, -0.1) is 0 Å². The Morgan fingerprint density at radius 2 is 0.382 bits per heavy atom. The molecule has 0 nitrogen and oxygen atoms in total. The van der Waals surface area contributed by atoms with Crippen molar-refractivity contribution in [2.24, 2.45) is 11.8 Å². The maximum Gasteiger partial charge on any atom is -0.0412 e. The topological polar surface area (TPSA) is 0 Å². The van der Waals surface area contributed by atoms with E-state index in [-0.39, 0.29) is 22.3 Å². The zero-order valence-electron chi connectivity index (χ0n) is 21.7. The van der Waals surface area contributed by atoms with Crippen molar-refractivity contribution >= 4 is 0 Å². The molecule has 0 bridgehead atoms. The van der Waals surface area contributed by atoms with Crippen molar-refractivity contribution in [3.05, 3.63) is 0 Å². The van der Waals surface area contributed by atoms with Crippen LogP contribution in [0.3, 0.4) is 0 Å². The van der Waals surface area contributed by atoms with Crippen LogP contribution >= 0.6 is 0 Å². The third-order valence-corrected chi connectivity index (χ3v) is 8.62. The Balaban J connectivity index is 0. The van der Waals surface area contributed by atoms with Crippen molar-refractivity contribution in [3.63, 3.8) is 0 Å². The van der Waals surface area contributed by atoms with Gasteiger partial charge in [0.05, 0.1) is 0 Å². The molecule has 0 aromatic heterocycles. The van der Waals surface area contributed by atoms with E-state index in [4.69, 9.17) is 0 Å². The third kappa shape index (κ3) is 21.3. The summed E-state index contributed by atoms with van der Waals surface area (Å²) in [7, 11) is 0. The van der Waals surface area contributed by atoms with E-state index in [2.05, 4.69) is 0 Å². The minimum absolute atomic E-state index is 0. The summed E-state index contributed by atoms with van der Waals surface area (Å²) in [4.78, 5) is 0. The standard InChI is InChI=1S/C31H60.3CH4/c1-2-6-10-14-18-22-26-30(25-21-17-13-9-5-1)29-31-27-23-19-15-11-7-3-4-8-12-16-20-24-28-31;;;/h30-31H,1-29H2;3*1H4. The lowest BCUT2D eigenvalue weighted by Crippen LogP contribution is -2.11. The highest BCUT2D eigenvalue weighted by molar-refractivity contribution is 4.69. The first-order chi connectivity index (χ1) is 15.4. The summed E-state index contributed by atoms with van der Waals surface area (Å²) in [5, 5.41) is 0. The highest BCUT2D eigenvalue weighted by Crippen LogP contribution is 2.31. The van der Waals surface area contributed by atoms with Crippen LogP contribution in [-0.2, 0) is 0 Å². The van der Waals surface area contributed by atoms with E-state index in [1.54, 1.807) is 32.1 Å². The smallest absolute Gasteiger partial charge is 0.0412 e. The maximum atomic E-state index is 1.58. The second kappa shape index (κ2) is 27.6. The van der Waals surface area contributed by atoms with Gasteiger partial charge in [-0.05, 0) is 18.3 Å². The van der Waals surface area contributed by atoms with Crippen molar-refractivity contribution in [1.82, 2.24) is 0 Å². The molecule has 0 saturated heterocycles. The molecule has 2 fully saturated rings. The van der Waals surface area contributed by atoms with Gasteiger partial charge in [0, 0.05) is 0 Å². The van der Waals surface area contributed by atoms with Crippen molar-refractivity contribution < 1.29 is 0 Å². The summed E-state index contributed by atoms with van der Waals surface area (Å²) in [5.74, 6) is 2.11. The molecule has 34 heavy (non-hydrogen) atoms. The van der Waals surface area contributed by atoms with Gasteiger partial charge in [-0.25, -0.2) is 0 Å². The van der Waals surface area contributed by atoms with Crippen molar-refractivity contribution in [2.75, 3.05) is 0 Å². The largest absolute Gasteiger partial charge is 0.0776 e. The minimum atomic E-state index is 0. The molecule has 0 aromatic rings. The average Bonchev–Trinajstić information content (AvgIpc) is 2.79.